The first-order valence-electron chi connectivity index (χ1n) is 5.22. The van der Waals surface area contributed by atoms with Crippen molar-refractivity contribution in [3.63, 3.8) is 0 Å². The number of aryl methyl sites for hydroxylation is 2. The van der Waals surface area contributed by atoms with Gasteiger partial charge in [-0.2, -0.15) is 0 Å². The molecule has 1 heterocycles. The van der Waals surface area contributed by atoms with Crippen LogP contribution in [0, 0.1) is 6.92 Å². The Hall–Kier alpha value is -0.470. The summed E-state index contributed by atoms with van der Waals surface area (Å²) in [5, 5.41) is 0.658. The van der Waals surface area contributed by atoms with Crippen LogP contribution in [0.5, 0.6) is 0 Å². The Morgan fingerprint density at radius 1 is 1.47 bits per heavy atom. The third kappa shape index (κ3) is 2.21. The fourth-order valence-corrected chi connectivity index (χ4v) is 2.32. The van der Waals surface area contributed by atoms with Crippen LogP contribution in [-0.4, -0.2) is 9.55 Å². The van der Waals surface area contributed by atoms with Gasteiger partial charge in [-0.1, -0.05) is 23.2 Å². The largest absolute Gasteiger partial charge is 0.327 e. The molecule has 1 aliphatic rings. The van der Waals surface area contributed by atoms with E-state index in [0.29, 0.717) is 11.6 Å². The van der Waals surface area contributed by atoms with Crippen LogP contribution in [0.2, 0.25) is 0 Å². The molecule has 4 heteroatoms. The van der Waals surface area contributed by atoms with Crippen LogP contribution >= 0.6 is 23.2 Å². The fourth-order valence-electron chi connectivity index (χ4n) is 2.13. The molecule has 0 bridgehead atoms. The minimum absolute atomic E-state index is 0.652. The zero-order valence-corrected chi connectivity index (χ0v) is 10.3. The van der Waals surface area contributed by atoms with Crippen LogP contribution in [0.15, 0.2) is 10.6 Å². The molecule has 0 saturated carbocycles. The fraction of sp³-hybridized carbons (Fsp3) is 0.545. The van der Waals surface area contributed by atoms with E-state index in [1.807, 2.05) is 6.92 Å². The van der Waals surface area contributed by atoms with Crippen LogP contribution in [0.3, 0.4) is 0 Å². The van der Waals surface area contributed by atoms with Crippen LogP contribution < -0.4 is 0 Å². The molecule has 0 atom stereocenters. The molecule has 1 aromatic rings. The molecular formula is C11H14Cl2N2. The second kappa shape index (κ2) is 4.58. The van der Waals surface area contributed by atoms with E-state index >= 15 is 0 Å². The van der Waals surface area contributed by atoms with Crippen LogP contribution in [0.4, 0.5) is 0 Å². The number of hydrogen-bond acceptors (Lipinski definition) is 1. The number of rotatable bonds is 2. The first-order chi connectivity index (χ1) is 7.22. The second-order valence-corrected chi connectivity index (χ2v) is 4.61. The smallest absolute Gasteiger partial charge is 0.106 e. The van der Waals surface area contributed by atoms with Crippen molar-refractivity contribution in [1.29, 1.82) is 0 Å². The summed E-state index contributed by atoms with van der Waals surface area (Å²) in [7, 11) is 0. The van der Waals surface area contributed by atoms with Crippen LogP contribution in [-0.2, 0) is 19.4 Å². The quantitative estimate of drug-likeness (QED) is 0.780. The molecular weight excluding hydrogens is 231 g/mol. The second-order valence-electron chi connectivity index (χ2n) is 3.90. The summed E-state index contributed by atoms with van der Waals surface area (Å²) >= 11 is 11.5. The van der Waals surface area contributed by atoms with Gasteiger partial charge in [0.2, 0.25) is 0 Å². The first-order valence-corrected chi connectivity index (χ1v) is 6.03. The van der Waals surface area contributed by atoms with E-state index in [-0.39, 0.29) is 0 Å². The van der Waals surface area contributed by atoms with Crippen molar-refractivity contribution < 1.29 is 0 Å². The third-order valence-corrected chi connectivity index (χ3v) is 3.45. The van der Waals surface area contributed by atoms with Gasteiger partial charge < -0.3 is 4.57 Å². The van der Waals surface area contributed by atoms with Gasteiger partial charge in [-0.3, -0.25) is 0 Å². The molecule has 2 rings (SSSR count). The lowest BCUT2D eigenvalue weighted by atomic mass is 10.0. The standard InChI is InChI=1S/C11H14Cl2N2/c1-8-14-10-4-2-3-5-11(10)15(8)7-9(13)6-12/h6H,2-5,7H2,1H3. The molecule has 0 aromatic carbocycles. The molecule has 0 unspecified atom stereocenters. The van der Waals surface area contributed by atoms with Crippen molar-refractivity contribution in [3.05, 3.63) is 27.8 Å². The van der Waals surface area contributed by atoms with E-state index in [1.165, 1.54) is 29.8 Å². The first kappa shape index (κ1) is 11.0. The van der Waals surface area contributed by atoms with Crippen LogP contribution in [0.25, 0.3) is 0 Å². The van der Waals surface area contributed by atoms with E-state index in [0.717, 1.165) is 18.7 Å². The summed E-state index contributed by atoms with van der Waals surface area (Å²) in [6, 6.07) is 0. The minimum atomic E-state index is 0.652. The molecule has 1 aliphatic carbocycles. The Balaban J connectivity index is 2.33. The zero-order chi connectivity index (χ0) is 10.8. The Kier molecular flexibility index (Phi) is 3.37. The zero-order valence-electron chi connectivity index (χ0n) is 8.76. The summed E-state index contributed by atoms with van der Waals surface area (Å²) < 4.78 is 2.18. The Labute approximate surface area is 99.9 Å². The van der Waals surface area contributed by atoms with Gasteiger partial charge in [0.25, 0.3) is 0 Å². The minimum Gasteiger partial charge on any atom is -0.327 e. The van der Waals surface area contributed by atoms with Gasteiger partial charge in [-0.05, 0) is 32.6 Å². The van der Waals surface area contributed by atoms with Gasteiger partial charge in [0.1, 0.15) is 5.82 Å². The SMILES string of the molecule is Cc1nc2c(n1CC(Cl)=CCl)CCCC2. The van der Waals surface area contributed by atoms with Crippen molar-refractivity contribution in [3.8, 4) is 0 Å². The number of imidazole rings is 1. The van der Waals surface area contributed by atoms with Gasteiger partial charge in [0.15, 0.2) is 0 Å². The molecule has 0 aliphatic heterocycles. The van der Waals surface area contributed by atoms with Gasteiger partial charge >= 0.3 is 0 Å². The van der Waals surface area contributed by atoms with Gasteiger partial charge in [-0.15, -0.1) is 0 Å². The summed E-state index contributed by atoms with van der Waals surface area (Å²) in [6.45, 7) is 2.68. The maximum Gasteiger partial charge on any atom is 0.106 e. The van der Waals surface area contributed by atoms with Gasteiger partial charge in [-0.25, -0.2) is 4.98 Å². The summed E-state index contributed by atoms with van der Waals surface area (Å²) in [5.41, 5.74) is 4.02. The average molecular weight is 245 g/mol. The predicted molar refractivity (Wildman–Crippen MR) is 63.4 cm³/mol. The molecule has 15 heavy (non-hydrogen) atoms. The van der Waals surface area contributed by atoms with Crippen molar-refractivity contribution in [2.24, 2.45) is 0 Å². The van der Waals surface area contributed by atoms with E-state index in [9.17, 15) is 0 Å². The highest BCUT2D eigenvalue weighted by molar-refractivity contribution is 6.36. The lowest BCUT2D eigenvalue weighted by Gasteiger charge is -2.14. The number of halogens is 2. The highest BCUT2D eigenvalue weighted by atomic mass is 35.5. The monoisotopic (exact) mass is 244 g/mol. The van der Waals surface area contributed by atoms with E-state index in [4.69, 9.17) is 23.2 Å². The molecule has 0 N–H and O–H groups in total. The molecule has 0 fully saturated rings. The molecule has 0 amide bonds. The van der Waals surface area contributed by atoms with Gasteiger partial charge in [0, 0.05) is 16.3 Å². The number of hydrogen-bond donors (Lipinski definition) is 0. The molecule has 1 aromatic heterocycles. The number of allylic oxidation sites excluding steroid dienone is 1. The molecule has 0 spiro atoms. The average Bonchev–Trinajstić information content (AvgIpc) is 2.55. The van der Waals surface area contributed by atoms with Crippen molar-refractivity contribution >= 4 is 23.2 Å². The normalized spacial score (nSPS) is 16.6. The van der Waals surface area contributed by atoms with Gasteiger partial charge in [0.05, 0.1) is 12.2 Å². The molecule has 2 nitrogen and oxygen atoms in total. The number of nitrogens with zero attached hydrogens (tertiary/aromatic N) is 2. The Bertz CT molecular complexity index is 394. The van der Waals surface area contributed by atoms with Crippen molar-refractivity contribution in [2.75, 3.05) is 0 Å². The topological polar surface area (TPSA) is 17.8 Å². The lowest BCUT2D eigenvalue weighted by molar-refractivity contribution is 0.626. The van der Waals surface area contributed by atoms with E-state index in [1.54, 1.807) is 0 Å². The maximum atomic E-state index is 5.95. The number of aromatic nitrogens is 2. The van der Waals surface area contributed by atoms with Crippen molar-refractivity contribution in [2.45, 2.75) is 39.2 Å². The molecule has 0 saturated heterocycles. The molecule has 82 valence electrons. The highest BCUT2D eigenvalue weighted by Gasteiger charge is 2.17. The summed E-state index contributed by atoms with van der Waals surface area (Å²) in [4.78, 5) is 4.57. The maximum absolute atomic E-state index is 5.95. The van der Waals surface area contributed by atoms with E-state index < -0.39 is 0 Å². The number of fused-ring (bicyclic) bond motifs is 1. The third-order valence-electron chi connectivity index (χ3n) is 2.85. The summed E-state index contributed by atoms with van der Waals surface area (Å²) in [5.74, 6) is 1.04. The summed E-state index contributed by atoms with van der Waals surface area (Å²) in [6.07, 6.45) is 4.72. The lowest BCUT2D eigenvalue weighted by Crippen LogP contribution is -2.09. The molecule has 0 radical (unpaired) electrons. The Morgan fingerprint density at radius 3 is 2.93 bits per heavy atom. The highest BCUT2D eigenvalue weighted by Crippen LogP contribution is 2.23. The van der Waals surface area contributed by atoms with E-state index in [2.05, 4.69) is 9.55 Å². The van der Waals surface area contributed by atoms with Crippen molar-refractivity contribution in [1.82, 2.24) is 9.55 Å². The van der Waals surface area contributed by atoms with Crippen LogP contribution in [0.1, 0.15) is 30.1 Å². The predicted octanol–water partition coefficient (Wildman–Crippen LogP) is 3.39. The Morgan fingerprint density at radius 2 is 2.20 bits per heavy atom.